The number of alkyl halides is 2. The zero-order chi connectivity index (χ0) is 23.4. The van der Waals surface area contributed by atoms with Crippen molar-refractivity contribution in [2.75, 3.05) is 23.3 Å². The monoisotopic (exact) mass is 455 g/mol. The minimum Gasteiger partial charge on any atom is -0.386 e. The van der Waals surface area contributed by atoms with Gasteiger partial charge in [-0.25, -0.2) is 0 Å². The molecule has 2 fully saturated rings. The van der Waals surface area contributed by atoms with Crippen LogP contribution in [0.1, 0.15) is 49.6 Å². The van der Waals surface area contributed by atoms with Gasteiger partial charge in [-0.05, 0) is 51.3 Å². The molecule has 5 rings (SSSR count). The SMILES string of the molecule is Cc1nnc(N[C@H](C)c2cccc(C(F)(F)OC3CC3)c2)c2cc(N3CC(C)(O)C3)cnc12. The van der Waals surface area contributed by atoms with Crippen molar-refractivity contribution in [3.05, 3.63) is 53.3 Å². The van der Waals surface area contributed by atoms with E-state index < -0.39 is 11.7 Å². The highest BCUT2D eigenvalue weighted by Crippen LogP contribution is 2.38. The summed E-state index contributed by atoms with van der Waals surface area (Å²) in [7, 11) is 0. The number of β-amino-alcohol motifs (C(OH)–C–C–N with tert-alkyl or cyclic N) is 1. The maximum Gasteiger partial charge on any atom is 0.383 e. The lowest BCUT2D eigenvalue weighted by Crippen LogP contribution is -2.60. The fourth-order valence-corrected chi connectivity index (χ4v) is 4.13. The first-order valence-electron chi connectivity index (χ1n) is 11.1. The zero-order valence-electron chi connectivity index (χ0n) is 18.8. The lowest BCUT2D eigenvalue weighted by Gasteiger charge is -2.45. The number of pyridine rings is 1. The molecule has 174 valence electrons. The van der Waals surface area contributed by atoms with Crippen molar-refractivity contribution < 1.29 is 18.6 Å². The lowest BCUT2D eigenvalue weighted by atomic mass is 9.96. The Morgan fingerprint density at radius 1 is 1.24 bits per heavy atom. The predicted octanol–water partition coefficient (Wildman–Crippen LogP) is 4.31. The molecule has 1 atom stereocenters. The molecule has 3 aromatic rings. The lowest BCUT2D eigenvalue weighted by molar-refractivity contribution is -0.255. The number of aromatic nitrogens is 3. The highest BCUT2D eigenvalue weighted by molar-refractivity contribution is 5.92. The van der Waals surface area contributed by atoms with Gasteiger partial charge in [-0.3, -0.25) is 4.98 Å². The van der Waals surface area contributed by atoms with Crippen LogP contribution in [0.15, 0.2) is 36.5 Å². The average molecular weight is 456 g/mol. The molecular weight excluding hydrogens is 428 g/mol. The molecule has 9 heteroatoms. The smallest absolute Gasteiger partial charge is 0.383 e. The van der Waals surface area contributed by atoms with Crippen LogP contribution >= 0.6 is 0 Å². The highest BCUT2D eigenvalue weighted by Gasteiger charge is 2.40. The van der Waals surface area contributed by atoms with Crippen LogP contribution in [0.2, 0.25) is 0 Å². The van der Waals surface area contributed by atoms with Crippen molar-refractivity contribution in [1.29, 1.82) is 0 Å². The summed E-state index contributed by atoms with van der Waals surface area (Å²) in [6, 6.07) is 7.93. The number of nitrogens with zero attached hydrogens (tertiary/aromatic N) is 4. The van der Waals surface area contributed by atoms with Crippen molar-refractivity contribution >= 4 is 22.4 Å². The van der Waals surface area contributed by atoms with Crippen LogP contribution in [-0.2, 0) is 10.8 Å². The van der Waals surface area contributed by atoms with Crippen LogP contribution < -0.4 is 10.2 Å². The molecule has 2 N–H and O–H groups in total. The molecule has 2 aliphatic rings. The maximum absolute atomic E-state index is 14.5. The molecule has 33 heavy (non-hydrogen) atoms. The Bertz CT molecular complexity index is 1190. The van der Waals surface area contributed by atoms with E-state index in [0.717, 1.165) is 11.1 Å². The Labute approximate surface area is 190 Å². The van der Waals surface area contributed by atoms with Gasteiger partial charge in [0.05, 0.1) is 46.4 Å². The predicted molar refractivity (Wildman–Crippen MR) is 121 cm³/mol. The van der Waals surface area contributed by atoms with E-state index in [1.54, 1.807) is 25.3 Å². The number of aryl methyl sites for hydroxylation is 1. The van der Waals surface area contributed by atoms with E-state index >= 15 is 0 Å². The minimum atomic E-state index is -3.31. The van der Waals surface area contributed by atoms with Crippen LogP contribution in [0.3, 0.4) is 0 Å². The Morgan fingerprint density at radius 3 is 2.70 bits per heavy atom. The van der Waals surface area contributed by atoms with E-state index in [1.807, 2.05) is 24.8 Å². The molecule has 1 aliphatic heterocycles. The van der Waals surface area contributed by atoms with E-state index in [9.17, 15) is 13.9 Å². The van der Waals surface area contributed by atoms with E-state index in [1.165, 1.54) is 12.1 Å². The van der Waals surface area contributed by atoms with Crippen molar-refractivity contribution in [3.63, 3.8) is 0 Å². The van der Waals surface area contributed by atoms with E-state index in [-0.39, 0.29) is 17.7 Å². The Hall–Kier alpha value is -2.91. The van der Waals surface area contributed by atoms with E-state index in [0.29, 0.717) is 48.5 Å². The fraction of sp³-hybridized carbons (Fsp3) is 0.458. The molecule has 0 radical (unpaired) electrons. The van der Waals surface area contributed by atoms with Gasteiger partial charge in [0, 0.05) is 18.5 Å². The molecule has 1 saturated carbocycles. The summed E-state index contributed by atoms with van der Waals surface area (Å²) in [5.41, 5.74) is 2.13. The van der Waals surface area contributed by atoms with Crippen LogP contribution in [0.5, 0.6) is 0 Å². The number of rotatable bonds is 7. The first kappa shape index (κ1) is 21.9. The highest BCUT2D eigenvalue weighted by atomic mass is 19.3. The molecule has 0 unspecified atom stereocenters. The molecule has 0 spiro atoms. The van der Waals surface area contributed by atoms with Gasteiger partial charge in [0.25, 0.3) is 0 Å². The van der Waals surface area contributed by atoms with Gasteiger partial charge in [0.2, 0.25) is 0 Å². The van der Waals surface area contributed by atoms with Gasteiger partial charge >= 0.3 is 6.11 Å². The molecule has 2 aromatic heterocycles. The Kier molecular flexibility index (Phi) is 5.21. The van der Waals surface area contributed by atoms with Gasteiger partial charge in [-0.2, -0.15) is 13.9 Å². The third-order valence-corrected chi connectivity index (χ3v) is 6.11. The summed E-state index contributed by atoms with van der Waals surface area (Å²) >= 11 is 0. The average Bonchev–Trinajstić information content (AvgIpc) is 3.57. The van der Waals surface area contributed by atoms with Crippen molar-refractivity contribution in [1.82, 2.24) is 15.2 Å². The summed E-state index contributed by atoms with van der Waals surface area (Å²) in [6.07, 6.45) is -0.547. The van der Waals surface area contributed by atoms with Crippen LogP contribution in [0.25, 0.3) is 10.9 Å². The second-order valence-electron chi connectivity index (χ2n) is 9.40. The van der Waals surface area contributed by atoms with Gasteiger partial charge in [0.15, 0.2) is 5.82 Å². The van der Waals surface area contributed by atoms with Crippen LogP contribution in [0.4, 0.5) is 20.3 Å². The van der Waals surface area contributed by atoms with Gasteiger partial charge in [-0.15, -0.1) is 5.10 Å². The molecule has 1 aliphatic carbocycles. The number of anilines is 2. The molecule has 0 amide bonds. The number of halogens is 2. The first-order chi connectivity index (χ1) is 15.6. The number of ether oxygens (including phenoxy) is 1. The third-order valence-electron chi connectivity index (χ3n) is 6.11. The number of hydrogen-bond donors (Lipinski definition) is 2. The van der Waals surface area contributed by atoms with Crippen molar-refractivity contribution in [3.8, 4) is 0 Å². The van der Waals surface area contributed by atoms with Crippen molar-refractivity contribution in [2.45, 2.75) is 57.5 Å². The number of aliphatic hydroxyl groups is 1. The fourth-order valence-electron chi connectivity index (χ4n) is 4.13. The van der Waals surface area contributed by atoms with Gasteiger partial charge in [0.1, 0.15) is 0 Å². The number of hydrogen-bond acceptors (Lipinski definition) is 7. The quantitative estimate of drug-likeness (QED) is 0.549. The summed E-state index contributed by atoms with van der Waals surface area (Å²) < 4.78 is 33.9. The second kappa shape index (κ2) is 7.85. The molecule has 1 saturated heterocycles. The summed E-state index contributed by atoms with van der Waals surface area (Å²) in [5, 5.41) is 22.7. The summed E-state index contributed by atoms with van der Waals surface area (Å²) in [4.78, 5) is 6.61. The molecule has 0 bridgehead atoms. The van der Waals surface area contributed by atoms with Crippen LogP contribution in [0, 0.1) is 6.92 Å². The number of fused-ring (bicyclic) bond motifs is 1. The van der Waals surface area contributed by atoms with Crippen molar-refractivity contribution in [2.24, 2.45) is 0 Å². The normalized spacial score (nSPS) is 18.8. The molecule has 3 heterocycles. The van der Waals surface area contributed by atoms with Gasteiger partial charge in [-0.1, -0.05) is 18.2 Å². The summed E-state index contributed by atoms with van der Waals surface area (Å²) in [6.45, 7) is 6.59. The van der Waals surface area contributed by atoms with E-state index in [2.05, 4.69) is 20.5 Å². The molecular formula is C24H27F2N5O2. The number of benzene rings is 1. The molecule has 7 nitrogen and oxygen atoms in total. The zero-order valence-corrected chi connectivity index (χ0v) is 18.8. The standard InChI is InChI=1S/C24H27F2N5O2/c1-14(16-5-4-6-17(9-16)24(25,26)33-19-7-8-19)28-22-20-10-18(31-12-23(3,32)13-31)11-27-21(20)15(2)29-30-22/h4-6,9-11,14,19,32H,7-8,12-13H2,1-3H3,(H,28,30)/t14-/m1/s1. The Balaban J connectivity index is 1.41. The second-order valence-corrected chi connectivity index (χ2v) is 9.40. The number of nitrogens with one attached hydrogen (secondary N) is 1. The van der Waals surface area contributed by atoms with E-state index in [4.69, 9.17) is 4.74 Å². The topological polar surface area (TPSA) is 83.4 Å². The maximum atomic E-state index is 14.5. The minimum absolute atomic E-state index is 0.158. The largest absolute Gasteiger partial charge is 0.386 e. The van der Waals surface area contributed by atoms with Crippen LogP contribution in [-0.4, -0.2) is 45.1 Å². The summed E-state index contributed by atoms with van der Waals surface area (Å²) in [5.74, 6) is 0.524. The third kappa shape index (κ3) is 4.47. The first-order valence-corrected chi connectivity index (χ1v) is 11.1. The molecule has 1 aromatic carbocycles. The Morgan fingerprint density at radius 2 is 2.00 bits per heavy atom. The van der Waals surface area contributed by atoms with Gasteiger partial charge < -0.3 is 20.1 Å².